The van der Waals surface area contributed by atoms with E-state index in [0.717, 1.165) is 27.5 Å². The lowest BCUT2D eigenvalue weighted by molar-refractivity contribution is 0.0737. The molecule has 0 aliphatic rings. The van der Waals surface area contributed by atoms with Crippen molar-refractivity contribution in [3.63, 3.8) is 0 Å². The minimum atomic E-state index is -0.394. The first kappa shape index (κ1) is 22.3. The number of rotatable bonds is 8. The van der Waals surface area contributed by atoms with Crippen molar-refractivity contribution in [2.24, 2.45) is 0 Å². The van der Waals surface area contributed by atoms with Gasteiger partial charge in [0.1, 0.15) is 11.3 Å². The first-order chi connectivity index (χ1) is 17.2. The molecule has 1 N–H and O–H groups in total. The molecule has 5 rings (SSSR count). The largest absolute Gasteiger partial charge is 0.423 e. The third-order valence-electron chi connectivity index (χ3n) is 5.89. The Labute approximate surface area is 202 Å². The maximum Gasteiger partial charge on any atom is 0.338 e. The van der Waals surface area contributed by atoms with Gasteiger partial charge in [-0.05, 0) is 36.2 Å². The number of nitrogens with one attached hydrogen (secondary N) is 1. The Morgan fingerprint density at radius 2 is 1.66 bits per heavy atom. The summed E-state index contributed by atoms with van der Waals surface area (Å²) in [6.45, 7) is 1.62. The number of carbonyl (C=O) groups excluding carboxylic acids is 1. The van der Waals surface area contributed by atoms with E-state index < -0.39 is 5.63 Å². The van der Waals surface area contributed by atoms with Crippen molar-refractivity contribution in [2.75, 3.05) is 18.4 Å². The number of para-hydroxylation sites is 2. The molecule has 0 unspecified atom stereocenters. The van der Waals surface area contributed by atoms with Crippen LogP contribution in [0.4, 0.5) is 5.69 Å². The summed E-state index contributed by atoms with van der Waals surface area (Å²) in [5.41, 5.74) is 3.17. The molecule has 0 aliphatic carbocycles. The third-order valence-corrected chi connectivity index (χ3v) is 5.89. The quantitative estimate of drug-likeness (QED) is 0.243. The van der Waals surface area contributed by atoms with E-state index in [1.807, 2.05) is 83.8 Å². The third kappa shape index (κ3) is 5.22. The van der Waals surface area contributed by atoms with Crippen LogP contribution in [0, 0.1) is 0 Å². The van der Waals surface area contributed by atoms with Crippen molar-refractivity contribution in [1.82, 2.24) is 9.88 Å². The highest BCUT2D eigenvalue weighted by molar-refractivity contribution is 5.95. The Balaban J connectivity index is 1.32. The maximum atomic E-state index is 13.5. The number of pyridine rings is 1. The summed E-state index contributed by atoms with van der Waals surface area (Å²) in [6.07, 6.45) is 0.695. The van der Waals surface area contributed by atoms with Gasteiger partial charge in [-0.2, -0.15) is 0 Å². The number of carbonyl (C=O) groups is 1. The van der Waals surface area contributed by atoms with Gasteiger partial charge in [0.2, 0.25) is 0 Å². The lowest BCUT2D eigenvalue weighted by atomic mass is 10.1. The number of hydrogen-bond donors (Lipinski definition) is 1. The normalized spacial score (nSPS) is 11.0. The minimum absolute atomic E-state index is 0.106. The molecule has 0 spiro atoms. The average Bonchev–Trinajstić information content (AvgIpc) is 2.90. The van der Waals surface area contributed by atoms with Crippen LogP contribution in [0.5, 0.6) is 0 Å². The van der Waals surface area contributed by atoms with Crippen molar-refractivity contribution >= 4 is 33.5 Å². The van der Waals surface area contributed by atoms with E-state index in [-0.39, 0.29) is 5.91 Å². The Kier molecular flexibility index (Phi) is 6.52. The van der Waals surface area contributed by atoms with Crippen molar-refractivity contribution < 1.29 is 9.21 Å². The van der Waals surface area contributed by atoms with Crippen LogP contribution in [0.1, 0.15) is 22.5 Å². The van der Waals surface area contributed by atoms with Crippen LogP contribution in [0.2, 0.25) is 0 Å². The zero-order chi connectivity index (χ0) is 24.0. The fourth-order valence-corrected chi connectivity index (χ4v) is 4.15. The Bertz CT molecular complexity index is 1530. The second-order valence-corrected chi connectivity index (χ2v) is 8.36. The van der Waals surface area contributed by atoms with E-state index in [9.17, 15) is 9.59 Å². The van der Waals surface area contributed by atoms with Crippen LogP contribution in [0.15, 0.2) is 106 Å². The molecule has 5 aromatic rings. The van der Waals surface area contributed by atoms with Gasteiger partial charge in [-0.15, -0.1) is 0 Å². The van der Waals surface area contributed by atoms with Crippen molar-refractivity contribution in [1.29, 1.82) is 0 Å². The Hall–Kier alpha value is -4.45. The first-order valence-electron chi connectivity index (χ1n) is 11.6. The standard InChI is InChI=1S/C29H25N3O3/c33-28-19-26(23-12-5-7-14-27(23)35-28)30-17-8-18-32(20-21-9-2-1-3-10-21)29(34)25-16-15-22-11-4-6-13-24(22)31-25/h1-7,9-16,19,30H,8,17-18,20H2. The summed E-state index contributed by atoms with van der Waals surface area (Å²) < 4.78 is 5.27. The Morgan fingerprint density at radius 1 is 0.886 bits per heavy atom. The maximum absolute atomic E-state index is 13.5. The molecule has 0 atom stereocenters. The van der Waals surface area contributed by atoms with Gasteiger partial charge >= 0.3 is 5.63 Å². The number of nitrogens with zero attached hydrogens (tertiary/aromatic N) is 2. The van der Waals surface area contributed by atoms with E-state index in [1.54, 1.807) is 12.1 Å². The fraction of sp³-hybridized carbons (Fsp3) is 0.138. The molecular formula is C29H25N3O3. The number of aromatic nitrogens is 1. The molecule has 174 valence electrons. The van der Waals surface area contributed by atoms with Crippen LogP contribution in [0.3, 0.4) is 0 Å². The highest BCUT2D eigenvalue weighted by Crippen LogP contribution is 2.21. The van der Waals surface area contributed by atoms with Crippen molar-refractivity contribution in [2.45, 2.75) is 13.0 Å². The number of anilines is 1. The van der Waals surface area contributed by atoms with Gasteiger partial charge in [0, 0.05) is 36.5 Å². The molecular weight excluding hydrogens is 438 g/mol. The molecule has 0 saturated carbocycles. The van der Waals surface area contributed by atoms with Gasteiger partial charge in [0.05, 0.1) is 11.2 Å². The lowest BCUT2D eigenvalue weighted by Gasteiger charge is -2.23. The number of amides is 1. The van der Waals surface area contributed by atoms with Gasteiger partial charge in [-0.1, -0.05) is 66.7 Å². The molecule has 0 radical (unpaired) electrons. The molecule has 2 heterocycles. The predicted molar refractivity (Wildman–Crippen MR) is 139 cm³/mol. The number of fused-ring (bicyclic) bond motifs is 2. The monoisotopic (exact) mass is 463 g/mol. The first-order valence-corrected chi connectivity index (χ1v) is 11.6. The van der Waals surface area contributed by atoms with Crippen LogP contribution in [0.25, 0.3) is 21.9 Å². The Morgan fingerprint density at radius 3 is 2.54 bits per heavy atom. The molecule has 0 saturated heterocycles. The highest BCUT2D eigenvalue weighted by Gasteiger charge is 2.18. The average molecular weight is 464 g/mol. The molecule has 6 heteroatoms. The van der Waals surface area contributed by atoms with Crippen molar-refractivity contribution in [3.05, 3.63) is 119 Å². The second-order valence-electron chi connectivity index (χ2n) is 8.36. The van der Waals surface area contributed by atoms with E-state index >= 15 is 0 Å². The summed E-state index contributed by atoms with van der Waals surface area (Å²) in [5.74, 6) is -0.106. The van der Waals surface area contributed by atoms with Crippen LogP contribution in [-0.4, -0.2) is 28.9 Å². The fourth-order valence-electron chi connectivity index (χ4n) is 4.15. The number of hydrogen-bond acceptors (Lipinski definition) is 5. The van der Waals surface area contributed by atoms with Gasteiger partial charge in [0.15, 0.2) is 0 Å². The van der Waals surface area contributed by atoms with Crippen LogP contribution >= 0.6 is 0 Å². The van der Waals surface area contributed by atoms with Crippen LogP contribution in [-0.2, 0) is 6.54 Å². The van der Waals surface area contributed by atoms with E-state index in [2.05, 4.69) is 10.3 Å². The molecule has 1 amide bonds. The molecule has 0 bridgehead atoms. The van der Waals surface area contributed by atoms with Gasteiger partial charge in [-0.25, -0.2) is 9.78 Å². The minimum Gasteiger partial charge on any atom is -0.423 e. The molecule has 6 nitrogen and oxygen atoms in total. The zero-order valence-corrected chi connectivity index (χ0v) is 19.2. The highest BCUT2D eigenvalue weighted by atomic mass is 16.4. The summed E-state index contributed by atoms with van der Waals surface area (Å²) >= 11 is 0. The molecule has 3 aromatic carbocycles. The predicted octanol–water partition coefficient (Wildman–Crippen LogP) is 5.49. The summed E-state index contributed by atoms with van der Waals surface area (Å²) in [6, 6.07) is 30.3. The molecule has 35 heavy (non-hydrogen) atoms. The van der Waals surface area contributed by atoms with Gasteiger partial charge in [-0.3, -0.25) is 4.79 Å². The molecule has 2 aromatic heterocycles. The SMILES string of the molecule is O=C(c1ccc2ccccc2n1)N(CCCNc1cc(=O)oc2ccccc12)Cc1ccccc1. The summed E-state index contributed by atoms with van der Waals surface area (Å²) in [5, 5.41) is 5.19. The number of benzene rings is 3. The lowest BCUT2D eigenvalue weighted by Crippen LogP contribution is -2.33. The van der Waals surface area contributed by atoms with E-state index in [1.165, 1.54) is 6.07 Å². The van der Waals surface area contributed by atoms with E-state index in [0.29, 0.717) is 37.3 Å². The van der Waals surface area contributed by atoms with E-state index in [4.69, 9.17) is 4.42 Å². The summed E-state index contributed by atoms with van der Waals surface area (Å²) in [4.78, 5) is 31.8. The van der Waals surface area contributed by atoms with Crippen LogP contribution < -0.4 is 10.9 Å². The molecule has 0 fully saturated rings. The zero-order valence-electron chi connectivity index (χ0n) is 19.2. The van der Waals surface area contributed by atoms with Crippen molar-refractivity contribution in [3.8, 4) is 0 Å². The summed E-state index contributed by atoms with van der Waals surface area (Å²) in [7, 11) is 0. The molecule has 0 aliphatic heterocycles. The second kappa shape index (κ2) is 10.2. The topological polar surface area (TPSA) is 75.4 Å². The smallest absolute Gasteiger partial charge is 0.338 e. The van der Waals surface area contributed by atoms with Gasteiger partial charge < -0.3 is 14.6 Å². The van der Waals surface area contributed by atoms with Gasteiger partial charge in [0.25, 0.3) is 5.91 Å².